The number of Topliss-reactive ketones (excluding diaryl/α,β-unsaturated/α-hetero) is 1. The van der Waals surface area contributed by atoms with Gasteiger partial charge in [0.2, 0.25) is 0 Å². The Balaban J connectivity index is 1.28. The molecule has 28 heavy (non-hydrogen) atoms. The van der Waals surface area contributed by atoms with Crippen LogP contribution in [-0.2, 0) is 4.74 Å². The van der Waals surface area contributed by atoms with E-state index in [9.17, 15) is 4.79 Å². The molecule has 0 radical (unpaired) electrons. The Bertz CT molecular complexity index is 900. The molecule has 1 atom stereocenters. The Morgan fingerprint density at radius 1 is 1.14 bits per heavy atom. The number of thiophene rings is 1. The van der Waals surface area contributed by atoms with E-state index in [0.717, 1.165) is 43.3 Å². The molecular formula is C24H29NO2S. The number of benzene rings is 1. The zero-order chi connectivity index (χ0) is 18.7. The summed E-state index contributed by atoms with van der Waals surface area (Å²) in [6.07, 6.45) is 8.22. The van der Waals surface area contributed by atoms with Crippen LogP contribution in [-0.4, -0.2) is 42.5 Å². The van der Waals surface area contributed by atoms with Crippen molar-refractivity contribution in [3.8, 4) is 0 Å². The van der Waals surface area contributed by atoms with Crippen molar-refractivity contribution < 1.29 is 9.53 Å². The number of rotatable bonds is 4. The van der Waals surface area contributed by atoms with Gasteiger partial charge in [-0.15, -0.1) is 11.3 Å². The molecule has 148 valence electrons. The second kappa shape index (κ2) is 6.65. The Hall–Kier alpha value is -1.23. The molecule has 1 aliphatic carbocycles. The average Bonchev–Trinajstić information content (AvgIpc) is 3.39. The lowest BCUT2D eigenvalue weighted by molar-refractivity contribution is -0.0273. The van der Waals surface area contributed by atoms with Gasteiger partial charge < -0.3 is 4.74 Å². The average molecular weight is 396 g/mol. The first-order valence-corrected chi connectivity index (χ1v) is 11.9. The topological polar surface area (TPSA) is 29.5 Å². The van der Waals surface area contributed by atoms with E-state index < -0.39 is 0 Å². The molecule has 1 saturated carbocycles. The van der Waals surface area contributed by atoms with Crippen LogP contribution < -0.4 is 0 Å². The van der Waals surface area contributed by atoms with Crippen LogP contribution in [0.3, 0.4) is 0 Å². The molecule has 3 nitrogen and oxygen atoms in total. The van der Waals surface area contributed by atoms with E-state index in [0.29, 0.717) is 23.2 Å². The van der Waals surface area contributed by atoms with Gasteiger partial charge in [-0.3, -0.25) is 9.69 Å². The second-order valence-electron chi connectivity index (χ2n) is 9.42. The molecule has 1 spiro atoms. The molecule has 7 rings (SSSR count). The number of piperidine rings is 3. The van der Waals surface area contributed by atoms with Crippen LogP contribution in [0.25, 0.3) is 10.1 Å². The molecule has 0 N–H and O–H groups in total. The van der Waals surface area contributed by atoms with Gasteiger partial charge in [0.15, 0.2) is 5.78 Å². The Kier molecular flexibility index (Phi) is 4.18. The third-order valence-corrected chi connectivity index (χ3v) is 9.35. The van der Waals surface area contributed by atoms with Crippen molar-refractivity contribution in [3.05, 3.63) is 34.7 Å². The first-order valence-electron chi connectivity index (χ1n) is 11.1. The number of hydrogen-bond donors (Lipinski definition) is 0. The van der Waals surface area contributed by atoms with Gasteiger partial charge in [-0.05, 0) is 86.4 Å². The van der Waals surface area contributed by atoms with Crippen molar-refractivity contribution in [2.75, 3.05) is 26.3 Å². The van der Waals surface area contributed by atoms with Crippen LogP contribution in [0.15, 0.2) is 24.3 Å². The maximum Gasteiger partial charge on any atom is 0.173 e. The molecule has 1 aromatic heterocycles. The molecule has 4 aliphatic heterocycles. The molecule has 5 aliphatic rings. The zero-order valence-corrected chi connectivity index (χ0v) is 17.3. The molecule has 5 fully saturated rings. The highest BCUT2D eigenvalue weighted by Gasteiger charge is 2.60. The first kappa shape index (κ1) is 17.6. The van der Waals surface area contributed by atoms with Crippen molar-refractivity contribution in [3.63, 3.8) is 0 Å². The van der Waals surface area contributed by atoms with Gasteiger partial charge in [-0.1, -0.05) is 18.2 Å². The van der Waals surface area contributed by atoms with E-state index in [1.165, 1.54) is 54.4 Å². The number of nitrogens with zero attached hydrogens (tertiary/aromatic N) is 1. The van der Waals surface area contributed by atoms with E-state index in [1.807, 2.05) is 0 Å². The predicted octanol–water partition coefficient (Wildman–Crippen LogP) is 5.24. The van der Waals surface area contributed by atoms with Crippen LogP contribution in [0.2, 0.25) is 0 Å². The summed E-state index contributed by atoms with van der Waals surface area (Å²) in [6, 6.07) is 8.80. The largest absolute Gasteiger partial charge is 0.381 e. The molecule has 4 saturated heterocycles. The lowest BCUT2D eigenvalue weighted by atomic mass is 9.70. The minimum absolute atomic E-state index is 0.393. The van der Waals surface area contributed by atoms with E-state index in [2.05, 4.69) is 29.2 Å². The number of ketones is 1. The molecule has 2 aromatic rings. The highest BCUT2D eigenvalue weighted by Crippen LogP contribution is 2.58. The number of carbonyl (C=O) groups excluding carboxylic acids is 1. The van der Waals surface area contributed by atoms with Crippen molar-refractivity contribution >= 4 is 27.2 Å². The van der Waals surface area contributed by atoms with Gasteiger partial charge in [0.25, 0.3) is 0 Å². The summed E-state index contributed by atoms with van der Waals surface area (Å²) in [5.41, 5.74) is 1.84. The molecular weight excluding hydrogens is 366 g/mol. The van der Waals surface area contributed by atoms with Crippen LogP contribution in [0.5, 0.6) is 0 Å². The van der Waals surface area contributed by atoms with Crippen molar-refractivity contribution in [2.24, 2.45) is 11.8 Å². The van der Waals surface area contributed by atoms with Crippen molar-refractivity contribution in [2.45, 2.75) is 56.4 Å². The highest BCUT2D eigenvalue weighted by atomic mass is 32.1. The molecule has 2 bridgehead atoms. The summed E-state index contributed by atoms with van der Waals surface area (Å²) in [5.74, 6) is 2.35. The Morgan fingerprint density at radius 3 is 2.68 bits per heavy atom. The third-order valence-electron chi connectivity index (χ3n) is 8.11. The zero-order valence-electron chi connectivity index (χ0n) is 16.5. The fraction of sp³-hybridized carbons (Fsp3) is 0.625. The summed E-state index contributed by atoms with van der Waals surface area (Å²) in [4.78, 5) is 17.0. The lowest BCUT2D eigenvalue weighted by Crippen LogP contribution is -2.57. The lowest BCUT2D eigenvalue weighted by Gasteiger charge is -2.52. The minimum atomic E-state index is 0.393. The van der Waals surface area contributed by atoms with Gasteiger partial charge in [-0.2, -0.15) is 0 Å². The summed E-state index contributed by atoms with van der Waals surface area (Å²) in [6.45, 7) is 4.26. The number of ether oxygens (including phenoxy) is 1. The van der Waals surface area contributed by atoms with Gasteiger partial charge >= 0.3 is 0 Å². The van der Waals surface area contributed by atoms with Gasteiger partial charge in [0.1, 0.15) is 0 Å². The van der Waals surface area contributed by atoms with Crippen molar-refractivity contribution in [1.29, 1.82) is 0 Å². The maximum atomic E-state index is 13.3. The monoisotopic (exact) mass is 395 g/mol. The molecule has 5 heterocycles. The second-order valence-corrected chi connectivity index (χ2v) is 10.5. The van der Waals surface area contributed by atoms with Gasteiger partial charge in [0.05, 0.1) is 4.88 Å². The maximum absolute atomic E-state index is 13.3. The Morgan fingerprint density at radius 2 is 1.93 bits per heavy atom. The van der Waals surface area contributed by atoms with E-state index in [4.69, 9.17) is 4.74 Å². The predicted molar refractivity (Wildman–Crippen MR) is 113 cm³/mol. The molecule has 0 unspecified atom stereocenters. The minimum Gasteiger partial charge on any atom is -0.381 e. The summed E-state index contributed by atoms with van der Waals surface area (Å²) in [5, 5.41) is 1.26. The van der Waals surface area contributed by atoms with E-state index in [1.54, 1.807) is 11.3 Å². The summed E-state index contributed by atoms with van der Waals surface area (Å²) < 4.78 is 6.90. The Labute approximate surface area is 171 Å². The standard InChI is InChI=1S/C24H29NO2S/c26-21(15-20-17-4-10-25(11-5-17)24(20)8-9-24)22-14-18-2-1-3-19(23(18)28-22)16-6-12-27-13-7-16/h1-3,14,16-17,20H,4-13,15H2/t20-/m1/s1. The summed E-state index contributed by atoms with van der Waals surface area (Å²) >= 11 is 1.75. The SMILES string of the molecule is O=C(C[C@@H]1C2CCN(CC2)C12CC2)c1cc2cccc(C3CCOCC3)c2s1. The normalized spacial score (nSPS) is 31.5. The summed E-state index contributed by atoms with van der Waals surface area (Å²) in [7, 11) is 0. The van der Waals surface area contributed by atoms with E-state index in [-0.39, 0.29) is 0 Å². The van der Waals surface area contributed by atoms with Crippen LogP contribution in [0.4, 0.5) is 0 Å². The quantitative estimate of drug-likeness (QED) is 0.663. The van der Waals surface area contributed by atoms with Gasteiger partial charge in [0, 0.05) is 29.9 Å². The van der Waals surface area contributed by atoms with Crippen molar-refractivity contribution in [1.82, 2.24) is 4.90 Å². The number of fused-ring (bicyclic) bond motifs is 3. The van der Waals surface area contributed by atoms with Crippen LogP contribution in [0.1, 0.15) is 66.1 Å². The number of hydrogen-bond acceptors (Lipinski definition) is 4. The first-order chi connectivity index (χ1) is 13.7. The highest BCUT2D eigenvalue weighted by molar-refractivity contribution is 7.21. The van der Waals surface area contributed by atoms with Crippen LogP contribution in [0, 0.1) is 11.8 Å². The third kappa shape index (κ3) is 2.72. The number of carbonyl (C=O) groups is 1. The van der Waals surface area contributed by atoms with E-state index >= 15 is 0 Å². The smallest absolute Gasteiger partial charge is 0.173 e. The van der Waals surface area contributed by atoms with Crippen LogP contribution >= 0.6 is 11.3 Å². The molecule has 0 amide bonds. The van der Waals surface area contributed by atoms with Gasteiger partial charge in [-0.25, -0.2) is 0 Å². The molecule has 4 heteroatoms. The molecule has 1 aromatic carbocycles. The fourth-order valence-electron chi connectivity index (χ4n) is 6.45. The fourth-order valence-corrected chi connectivity index (χ4v) is 7.65.